The van der Waals surface area contributed by atoms with E-state index in [4.69, 9.17) is 4.74 Å². The summed E-state index contributed by atoms with van der Waals surface area (Å²) in [5, 5.41) is 2.64. The zero-order valence-corrected chi connectivity index (χ0v) is 11.5. The number of benzene rings is 1. The first-order valence-electron chi connectivity index (χ1n) is 6.98. The Kier molecular flexibility index (Phi) is 5.41. The van der Waals surface area contributed by atoms with Crippen LogP contribution in [0.4, 0.5) is 0 Å². The third kappa shape index (κ3) is 4.57. The van der Waals surface area contributed by atoms with E-state index in [0.29, 0.717) is 6.61 Å². The minimum absolute atomic E-state index is 0.000159. The Bertz CT molecular complexity index is 442. The molecule has 5 heteroatoms. The number of hydrogen-bond acceptors (Lipinski definition) is 3. The summed E-state index contributed by atoms with van der Waals surface area (Å²) in [7, 11) is 0. The quantitative estimate of drug-likeness (QED) is 0.849. The summed E-state index contributed by atoms with van der Waals surface area (Å²) in [4.78, 5) is 25.1. The molecule has 2 amide bonds. The number of para-hydroxylation sites is 1. The van der Waals surface area contributed by atoms with Crippen molar-refractivity contribution in [1.82, 2.24) is 10.2 Å². The average molecular weight is 276 g/mol. The van der Waals surface area contributed by atoms with Crippen LogP contribution in [0.5, 0.6) is 5.75 Å². The van der Waals surface area contributed by atoms with Crippen molar-refractivity contribution in [3.8, 4) is 5.75 Å². The maximum Gasteiger partial charge on any atom is 0.241 e. The highest BCUT2D eigenvalue weighted by molar-refractivity contribution is 5.84. The Hall–Kier alpha value is -2.04. The van der Waals surface area contributed by atoms with Gasteiger partial charge in [-0.2, -0.15) is 0 Å². The molecule has 108 valence electrons. The van der Waals surface area contributed by atoms with Crippen LogP contribution in [-0.2, 0) is 9.59 Å². The van der Waals surface area contributed by atoms with E-state index in [1.807, 2.05) is 30.3 Å². The van der Waals surface area contributed by atoms with Crippen molar-refractivity contribution in [2.45, 2.75) is 19.3 Å². The van der Waals surface area contributed by atoms with Crippen LogP contribution in [0.15, 0.2) is 30.3 Å². The second kappa shape index (κ2) is 7.53. The molecule has 1 aromatic carbocycles. The molecule has 0 aliphatic carbocycles. The van der Waals surface area contributed by atoms with Crippen molar-refractivity contribution in [3.63, 3.8) is 0 Å². The fraction of sp³-hybridized carbons (Fsp3) is 0.467. The van der Waals surface area contributed by atoms with E-state index in [1.54, 1.807) is 4.90 Å². The first-order chi connectivity index (χ1) is 9.75. The first-order valence-corrected chi connectivity index (χ1v) is 6.98. The van der Waals surface area contributed by atoms with Crippen molar-refractivity contribution < 1.29 is 14.3 Å². The van der Waals surface area contributed by atoms with Gasteiger partial charge in [-0.3, -0.25) is 9.59 Å². The van der Waals surface area contributed by atoms with Crippen molar-refractivity contribution >= 4 is 11.8 Å². The number of nitrogens with one attached hydrogen (secondary N) is 1. The van der Waals surface area contributed by atoms with E-state index in [2.05, 4.69) is 5.32 Å². The van der Waals surface area contributed by atoms with Gasteiger partial charge < -0.3 is 15.0 Å². The normalized spacial score (nSPS) is 14.1. The minimum atomic E-state index is -0.159. The van der Waals surface area contributed by atoms with Gasteiger partial charge >= 0.3 is 0 Å². The molecule has 0 saturated carbocycles. The number of carbonyl (C=O) groups excluding carboxylic acids is 2. The molecule has 1 aromatic rings. The molecule has 1 heterocycles. The largest absolute Gasteiger partial charge is 0.493 e. The molecule has 1 fully saturated rings. The van der Waals surface area contributed by atoms with Crippen LogP contribution in [0.25, 0.3) is 0 Å². The molecule has 0 spiro atoms. The molecule has 0 bridgehead atoms. The number of nitrogens with zero attached hydrogens (tertiary/aromatic N) is 1. The summed E-state index contributed by atoms with van der Waals surface area (Å²) < 4.78 is 5.43. The standard InChI is InChI=1S/C15H20N2O3/c18-14(8-11-20-13-6-2-1-3-7-13)16-12-15(19)17-9-4-5-10-17/h1-3,6-7H,4-5,8-12H2,(H,16,18). The Morgan fingerprint density at radius 2 is 1.85 bits per heavy atom. The van der Waals surface area contributed by atoms with Crippen LogP contribution >= 0.6 is 0 Å². The zero-order chi connectivity index (χ0) is 14.2. The molecule has 5 nitrogen and oxygen atoms in total. The predicted molar refractivity (Wildman–Crippen MR) is 75.4 cm³/mol. The highest BCUT2D eigenvalue weighted by Crippen LogP contribution is 2.08. The number of likely N-dealkylation sites (tertiary alicyclic amines) is 1. The topological polar surface area (TPSA) is 58.6 Å². The van der Waals surface area contributed by atoms with E-state index >= 15 is 0 Å². The van der Waals surface area contributed by atoms with Crippen LogP contribution in [0.3, 0.4) is 0 Å². The van der Waals surface area contributed by atoms with Crippen molar-refractivity contribution in [2.24, 2.45) is 0 Å². The average Bonchev–Trinajstić information content (AvgIpc) is 3.00. The summed E-state index contributed by atoms with van der Waals surface area (Å²) in [6.07, 6.45) is 2.37. The molecular formula is C15H20N2O3. The van der Waals surface area contributed by atoms with Gasteiger partial charge in [0.05, 0.1) is 19.6 Å². The predicted octanol–water partition coefficient (Wildman–Crippen LogP) is 1.19. The lowest BCUT2D eigenvalue weighted by Gasteiger charge is -2.15. The molecule has 1 aliphatic heterocycles. The van der Waals surface area contributed by atoms with Gasteiger partial charge in [-0.1, -0.05) is 18.2 Å². The van der Waals surface area contributed by atoms with Gasteiger partial charge in [-0.05, 0) is 25.0 Å². The fourth-order valence-corrected chi connectivity index (χ4v) is 2.12. The molecule has 1 N–H and O–H groups in total. The van der Waals surface area contributed by atoms with Crippen LogP contribution in [0.2, 0.25) is 0 Å². The monoisotopic (exact) mass is 276 g/mol. The smallest absolute Gasteiger partial charge is 0.241 e. The van der Waals surface area contributed by atoms with Crippen LogP contribution in [-0.4, -0.2) is 43.0 Å². The molecule has 1 aliphatic rings. The van der Waals surface area contributed by atoms with Gasteiger partial charge in [-0.25, -0.2) is 0 Å². The molecule has 0 aromatic heterocycles. The third-order valence-corrected chi connectivity index (χ3v) is 3.24. The number of hydrogen-bond donors (Lipinski definition) is 1. The number of amides is 2. The summed E-state index contributed by atoms with van der Waals surface area (Å²) in [6, 6.07) is 9.35. The molecule has 2 rings (SSSR count). The van der Waals surface area contributed by atoms with Crippen LogP contribution in [0.1, 0.15) is 19.3 Å². The van der Waals surface area contributed by atoms with E-state index < -0.39 is 0 Å². The lowest BCUT2D eigenvalue weighted by Crippen LogP contribution is -2.38. The van der Waals surface area contributed by atoms with Gasteiger partial charge in [0.2, 0.25) is 11.8 Å². The minimum Gasteiger partial charge on any atom is -0.493 e. The van der Waals surface area contributed by atoms with Crippen LogP contribution < -0.4 is 10.1 Å². The lowest BCUT2D eigenvalue weighted by molar-refractivity contribution is -0.132. The summed E-state index contributed by atoms with van der Waals surface area (Å²) in [5.41, 5.74) is 0. The van der Waals surface area contributed by atoms with Crippen molar-refractivity contribution in [2.75, 3.05) is 26.2 Å². The van der Waals surface area contributed by atoms with Crippen LogP contribution in [0, 0.1) is 0 Å². The molecule has 0 unspecified atom stereocenters. The number of carbonyl (C=O) groups is 2. The van der Waals surface area contributed by atoms with E-state index in [0.717, 1.165) is 31.7 Å². The molecule has 1 saturated heterocycles. The number of ether oxygens (including phenoxy) is 1. The Morgan fingerprint density at radius 3 is 2.55 bits per heavy atom. The molecule has 20 heavy (non-hydrogen) atoms. The van der Waals surface area contributed by atoms with Gasteiger partial charge in [0.1, 0.15) is 5.75 Å². The fourth-order valence-electron chi connectivity index (χ4n) is 2.12. The van der Waals surface area contributed by atoms with E-state index in [-0.39, 0.29) is 24.8 Å². The van der Waals surface area contributed by atoms with E-state index in [9.17, 15) is 9.59 Å². The lowest BCUT2D eigenvalue weighted by atomic mass is 10.3. The highest BCUT2D eigenvalue weighted by Gasteiger charge is 2.17. The molecule has 0 atom stereocenters. The third-order valence-electron chi connectivity index (χ3n) is 3.24. The van der Waals surface area contributed by atoms with Gasteiger partial charge in [0.15, 0.2) is 0 Å². The van der Waals surface area contributed by atoms with Crippen molar-refractivity contribution in [1.29, 1.82) is 0 Å². The second-order valence-corrected chi connectivity index (χ2v) is 4.78. The summed E-state index contributed by atoms with van der Waals surface area (Å²) >= 11 is 0. The SMILES string of the molecule is O=C(CCOc1ccccc1)NCC(=O)N1CCCC1. The summed E-state index contributed by atoms with van der Waals surface area (Å²) in [6.45, 7) is 2.02. The van der Waals surface area contributed by atoms with Gasteiger partial charge in [0, 0.05) is 13.1 Å². The van der Waals surface area contributed by atoms with Gasteiger partial charge in [0.25, 0.3) is 0 Å². The molecular weight excluding hydrogens is 256 g/mol. The highest BCUT2D eigenvalue weighted by atomic mass is 16.5. The van der Waals surface area contributed by atoms with E-state index in [1.165, 1.54) is 0 Å². The Morgan fingerprint density at radius 1 is 1.15 bits per heavy atom. The molecule has 0 radical (unpaired) electrons. The van der Waals surface area contributed by atoms with Gasteiger partial charge in [-0.15, -0.1) is 0 Å². The Balaban J connectivity index is 1.59. The maximum atomic E-state index is 11.7. The first kappa shape index (κ1) is 14.4. The maximum absolute atomic E-state index is 11.7. The summed E-state index contributed by atoms with van der Waals surface area (Å²) in [5.74, 6) is 0.585. The second-order valence-electron chi connectivity index (χ2n) is 4.78. The number of rotatable bonds is 6. The Labute approximate surface area is 118 Å². The van der Waals surface area contributed by atoms with Crippen molar-refractivity contribution in [3.05, 3.63) is 30.3 Å². The zero-order valence-electron chi connectivity index (χ0n) is 11.5.